The van der Waals surface area contributed by atoms with Gasteiger partial charge in [0.1, 0.15) is 25.6 Å². The Labute approximate surface area is 131 Å². The van der Waals surface area contributed by atoms with Gasteiger partial charge in [-0.2, -0.15) is 0 Å². The second-order valence-corrected chi connectivity index (χ2v) is 5.05. The lowest BCUT2D eigenvalue weighted by Gasteiger charge is -2.20. The number of nitrogens with zero attached hydrogens (tertiary/aromatic N) is 1. The maximum absolute atomic E-state index is 10.6. The number of benzene rings is 2. The Morgan fingerprint density at radius 3 is 2.64 bits per heavy atom. The van der Waals surface area contributed by atoms with Crippen LogP contribution >= 0.6 is 11.6 Å². The summed E-state index contributed by atoms with van der Waals surface area (Å²) in [5, 5.41) is 11.1. The highest BCUT2D eigenvalue weighted by atomic mass is 35.5. The van der Waals surface area contributed by atoms with Crippen LogP contribution in [0, 0.1) is 10.1 Å². The molecule has 3 rings (SSSR count). The van der Waals surface area contributed by atoms with E-state index in [4.69, 9.17) is 25.8 Å². The van der Waals surface area contributed by atoms with Crippen molar-refractivity contribution in [2.75, 3.05) is 13.2 Å². The SMILES string of the molecule is O=[N+]([O-])c1ccc(OCc2cc(Cl)c3c(c2)OCCO3)cc1. The van der Waals surface area contributed by atoms with E-state index in [1.807, 2.05) is 6.07 Å². The van der Waals surface area contributed by atoms with Crippen molar-refractivity contribution in [2.45, 2.75) is 6.61 Å². The molecule has 2 aromatic rings. The summed E-state index contributed by atoms with van der Waals surface area (Å²) in [6.45, 7) is 1.23. The topological polar surface area (TPSA) is 70.8 Å². The number of fused-ring (bicyclic) bond motifs is 1. The van der Waals surface area contributed by atoms with Crippen LogP contribution in [0.2, 0.25) is 5.02 Å². The highest BCUT2D eigenvalue weighted by molar-refractivity contribution is 6.32. The smallest absolute Gasteiger partial charge is 0.269 e. The number of nitro benzene ring substituents is 1. The van der Waals surface area contributed by atoms with E-state index in [1.54, 1.807) is 18.2 Å². The first-order chi connectivity index (χ1) is 10.6. The monoisotopic (exact) mass is 321 g/mol. The van der Waals surface area contributed by atoms with Gasteiger partial charge in [0.05, 0.1) is 9.95 Å². The molecule has 0 bridgehead atoms. The second-order valence-electron chi connectivity index (χ2n) is 4.64. The molecule has 0 saturated heterocycles. The molecule has 0 aromatic heterocycles. The minimum Gasteiger partial charge on any atom is -0.489 e. The molecule has 6 nitrogen and oxygen atoms in total. The molecule has 0 atom stereocenters. The average Bonchev–Trinajstić information content (AvgIpc) is 2.53. The number of hydrogen-bond acceptors (Lipinski definition) is 5. The van der Waals surface area contributed by atoms with Gasteiger partial charge in [-0.1, -0.05) is 11.6 Å². The Kier molecular flexibility index (Phi) is 4.02. The van der Waals surface area contributed by atoms with Gasteiger partial charge in [-0.05, 0) is 29.8 Å². The fourth-order valence-corrected chi connectivity index (χ4v) is 2.37. The van der Waals surface area contributed by atoms with Gasteiger partial charge < -0.3 is 14.2 Å². The zero-order valence-corrected chi connectivity index (χ0v) is 12.2. The van der Waals surface area contributed by atoms with Crippen molar-refractivity contribution in [2.24, 2.45) is 0 Å². The van der Waals surface area contributed by atoms with Gasteiger partial charge in [-0.15, -0.1) is 0 Å². The van der Waals surface area contributed by atoms with Crippen LogP contribution in [0.15, 0.2) is 36.4 Å². The third kappa shape index (κ3) is 3.07. The molecule has 1 aliphatic rings. The zero-order chi connectivity index (χ0) is 15.5. The van der Waals surface area contributed by atoms with Crippen molar-refractivity contribution in [1.82, 2.24) is 0 Å². The minimum absolute atomic E-state index is 0.0229. The first kappa shape index (κ1) is 14.5. The standard InChI is InChI=1S/C15H12ClNO5/c16-13-7-10(8-14-15(13)21-6-5-20-14)9-22-12-3-1-11(2-4-12)17(18)19/h1-4,7-8H,5-6,9H2. The molecular weight excluding hydrogens is 310 g/mol. The molecule has 22 heavy (non-hydrogen) atoms. The summed E-state index contributed by atoms with van der Waals surface area (Å²) in [5.74, 6) is 1.68. The van der Waals surface area contributed by atoms with Gasteiger partial charge in [0, 0.05) is 12.1 Å². The largest absolute Gasteiger partial charge is 0.489 e. The van der Waals surface area contributed by atoms with Gasteiger partial charge in [0.25, 0.3) is 5.69 Å². The lowest BCUT2D eigenvalue weighted by Crippen LogP contribution is -2.16. The van der Waals surface area contributed by atoms with Crippen LogP contribution in [0.5, 0.6) is 17.2 Å². The van der Waals surface area contributed by atoms with E-state index in [-0.39, 0.29) is 12.3 Å². The number of non-ortho nitro benzene ring substituents is 1. The summed E-state index contributed by atoms with van der Waals surface area (Å²) < 4.78 is 16.5. The molecule has 0 N–H and O–H groups in total. The highest BCUT2D eigenvalue weighted by Gasteiger charge is 2.16. The molecule has 1 aliphatic heterocycles. The molecule has 0 radical (unpaired) electrons. The summed E-state index contributed by atoms with van der Waals surface area (Å²) >= 11 is 6.15. The van der Waals surface area contributed by atoms with Crippen LogP contribution in [0.3, 0.4) is 0 Å². The molecule has 0 saturated carbocycles. The Bertz CT molecular complexity index is 702. The average molecular weight is 322 g/mol. The van der Waals surface area contributed by atoms with Crippen LogP contribution in [0.25, 0.3) is 0 Å². The molecule has 114 valence electrons. The summed E-state index contributed by atoms with van der Waals surface area (Å²) in [6, 6.07) is 9.46. The molecule has 2 aromatic carbocycles. The van der Waals surface area contributed by atoms with E-state index in [9.17, 15) is 10.1 Å². The fraction of sp³-hybridized carbons (Fsp3) is 0.200. The van der Waals surface area contributed by atoms with Crippen LogP contribution in [0.4, 0.5) is 5.69 Å². The Morgan fingerprint density at radius 2 is 1.91 bits per heavy atom. The number of hydrogen-bond donors (Lipinski definition) is 0. The normalized spacial score (nSPS) is 12.8. The lowest BCUT2D eigenvalue weighted by molar-refractivity contribution is -0.384. The molecule has 0 fully saturated rings. The van der Waals surface area contributed by atoms with Crippen LogP contribution in [-0.4, -0.2) is 18.1 Å². The van der Waals surface area contributed by atoms with Gasteiger partial charge in [0.2, 0.25) is 0 Å². The summed E-state index contributed by atoms with van der Waals surface area (Å²) in [4.78, 5) is 10.1. The molecule has 0 spiro atoms. The van der Waals surface area contributed by atoms with Crippen molar-refractivity contribution < 1.29 is 19.1 Å². The van der Waals surface area contributed by atoms with Gasteiger partial charge in [0.15, 0.2) is 11.5 Å². The van der Waals surface area contributed by atoms with E-state index in [0.717, 1.165) is 5.56 Å². The van der Waals surface area contributed by atoms with E-state index in [2.05, 4.69) is 0 Å². The van der Waals surface area contributed by atoms with E-state index in [0.29, 0.717) is 35.5 Å². The van der Waals surface area contributed by atoms with Crippen LogP contribution in [0.1, 0.15) is 5.56 Å². The van der Waals surface area contributed by atoms with Crippen LogP contribution < -0.4 is 14.2 Å². The Morgan fingerprint density at radius 1 is 1.18 bits per heavy atom. The third-order valence-electron chi connectivity index (χ3n) is 3.11. The van der Waals surface area contributed by atoms with Gasteiger partial charge >= 0.3 is 0 Å². The predicted molar refractivity (Wildman–Crippen MR) is 79.9 cm³/mol. The Hall–Kier alpha value is -2.47. The number of halogens is 1. The predicted octanol–water partition coefficient (Wildman–Crippen LogP) is 3.60. The molecule has 0 amide bonds. The summed E-state index contributed by atoms with van der Waals surface area (Å²) in [6.07, 6.45) is 0. The molecule has 1 heterocycles. The van der Waals surface area contributed by atoms with E-state index in [1.165, 1.54) is 12.1 Å². The second kappa shape index (κ2) is 6.11. The number of ether oxygens (including phenoxy) is 3. The van der Waals surface area contributed by atoms with Crippen LogP contribution in [-0.2, 0) is 6.61 Å². The molecular formula is C15H12ClNO5. The quantitative estimate of drug-likeness (QED) is 0.635. The lowest BCUT2D eigenvalue weighted by atomic mass is 10.2. The first-order valence-corrected chi connectivity index (χ1v) is 6.96. The zero-order valence-electron chi connectivity index (χ0n) is 11.5. The molecule has 0 aliphatic carbocycles. The first-order valence-electron chi connectivity index (χ1n) is 6.59. The number of rotatable bonds is 4. The van der Waals surface area contributed by atoms with Gasteiger partial charge in [-0.3, -0.25) is 10.1 Å². The fourth-order valence-electron chi connectivity index (χ4n) is 2.08. The van der Waals surface area contributed by atoms with Crippen molar-refractivity contribution in [3.8, 4) is 17.2 Å². The minimum atomic E-state index is -0.454. The maximum Gasteiger partial charge on any atom is 0.269 e. The summed E-state index contributed by atoms with van der Waals surface area (Å²) in [5.41, 5.74) is 0.849. The van der Waals surface area contributed by atoms with Crippen molar-refractivity contribution in [3.63, 3.8) is 0 Å². The van der Waals surface area contributed by atoms with E-state index >= 15 is 0 Å². The number of nitro groups is 1. The third-order valence-corrected chi connectivity index (χ3v) is 3.39. The highest BCUT2D eigenvalue weighted by Crippen LogP contribution is 2.38. The van der Waals surface area contributed by atoms with Gasteiger partial charge in [-0.25, -0.2) is 0 Å². The Balaban J connectivity index is 1.71. The van der Waals surface area contributed by atoms with E-state index < -0.39 is 4.92 Å². The van der Waals surface area contributed by atoms with Crippen molar-refractivity contribution in [1.29, 1.82) is 0 Å². The maximum atomic E-state index is 10.6. The molecule has 0 unspecified atom stereocenters. The van der Waals surface area contributed by atoms with Crippen molar-refractivity contribution >= 4 is 17.3 Å². The summed E-state index contributed by atoms with van der Waals surface area (Å²) in [7, 11) is 0. The molecule has 7 heteroatoms. The van der Waals surface area contributed by atoms with Crippen molar-refractivity contribution in [3.05, 3.63) is 57.1 Å².